The lowest BCUT2D eigenvalue weighted by atomic mass is 10.1. The molecule has 0 saturated carbocycles. The Balaban J connectivity index is 1.57. The summed E-state index contributed by atoms with van der Waals surface area (Å²) in [6, 6.07) is 11.4. The lowest BCUT2D eigenvalue weighted by molar-refractivity contribution is -0.139. The second-order valence-electron chi connectivity index (χ2n) is 6.91. The summed E-state index contributed by atoms with van der Waals surface area (Å²) in [5, 5.41) is 5.44. The van der Waals surface area contributed by atoms with Gasteiger partial charge in [0.15, 0.2) is 0 Å². The highest BCUT2D eigenvalue weighted by atomic mass is 16.5. The summed E-state index contributed by atoms with van der Waals surface area (Å²) in [7, 11) is 3.55. The van der Waals surface area contributed by atoms with Crippen LogP contribution in [0.5, 0.6) is 5.75 Å². The van der Waals surface area contributed by atoms with Crippen molar-refractivity contribution in [3.63, 3.8) is 0 Å². The molecule has 0 radical (unpaired) electrons. The molecule has 0 spiro atoms. The van der Waals surface area contributed by atoms with E-state index in [1.54, 1.807) is 7.11 Å². The van der Waals surface area contributed by atoms with Crippen LogP contribution in [0, 0.1) is 0 Å². The third kappa shape index (κ3) is 5.36. The Kier molecular flexibility index (Phi) is 7.26. The molecule has 1 aliphatic rings. The normalized spacial score (nSPS) is 15.5. The molecule has 3 rings (SSSR count). The van der Waals surface area contributed by atoms with Crippen molar-refractivity contribution in [3.05, 3.63) is 53.9 Å². The van der Waals surface area contributed by atoms with Gasteiger partial charge in [0.25, 0.3) is 0 Å². The Bertz CT molecular complexity index is 830. The Morgan fingerprint density at radius 2 is 1.83 bits per heavy atom. The molecular formula is C21H28N4O4. The molecule has 8 nitrogen and oxygen atoms in total. The molecule has 0 aliphatic carbocycles. The smallest absolute Gasteiger partial charge is 0.309 e. The average Bonchev–Trinajstić information content (AvgIpc) is 3.18. The Labute approximate surface area is 170 Å². The summed E-state index contributed by atoms with van der Waals surface area (Å²) >= 11 is 0. The van der Waals surface area contributed by atoms with E-state index in [1.165, 1.54) is 0 Å². The minimum absolute atomic E-state index is 0.0233. The monoisotopic (exact) mass is 400 g/mol. The van der Waals surface area contributed by atoms with Gasteiger partial charge >= 0.3 is 11.8 Å². The molecule has 1 fully saturated rings. The summed E-state index contributed by atoms with van der Waals surface area (Å²) in [5.74, 6) is -0.639. The third-order valence-corrected chi connectivity index (χ3v) is 5.11. The van der Waals surface area contributed by atoms with Crippen LogP contribution < -0.4 is 15.4 Å². The number of para-hydroxylation sites is 1. The molecule has 2 heterocycles. The highest BCUT2D eigenvalue weighted by Gasteiger charge is 2.26. The molecule has 1 aromatic carbocycles. The number of aryl methyl sites for hydroxylation is 1. The number of nitrogens with one attached hydrogen (secondary N) is 2. The fourth-order valence-corrected chi connectivity index (χ4v) is 3.50. The first-order chi connectivity index (χ1) is 14.1. The van der Waals surface area contributed by atoms with Crippen molar-refractivity contribution in [2.24, 2.45) is 7.05 Å². The largest absolute Gasteiger partial charge is 0.496 e. The number of carbonyl (C=O) groups is 2. The molecule has 2 N–H and O–H groups in total. The van der Waals surface area contributed by atoms with Crippen LogP contribution in [-0.2, 0) is 27.9 Å². The van der Waals surface area contributed by atoms with Crippen molar-refractivity contribution in [1.82, 2.24) is 20.1 Å². The molecular weight excluding hydrogens is 372 g/mol. The Morgan fingerprint density at radius 3 is 2.52 bits per heavy atom. The Morgan fingerprint density at radius 1 is 1.10 bits per heavy atom. The zero-order chi connectivity index (χ0) is 20.6. The zero-order valence-electron chi connectivity index (χ0n) is 16.9. The van der Waals surface area contributed by atoms with E-state index in [4.69, 9.17) is 9.47 Å². The van der Waals surface area contributed by atoms with Crippen LogP contribution in [0.4, 0.5) is 0 Å². The molecule has 8 heteroatoms. The molecule has 156 valence electrons. The van der Waals surface area contributed by atoms with Crippen molar-refractivity contribution in [1.29, 1.82) is 0 Å². The van der Waals surface area contributed by atoms with E-state index in [1.807, 2.05) is 54.2 Å². The van der Waals surface area contributed by atoms with Crippen LogP contribution in [-0.4, -0.2) is 61.2 Å². The van der Waals surface area contributed by atoms with Crippen LogP contribution in [0.2, 0.25) is 0 Å². The molecule has 1 unspecified atom stereocenters. The lowest BCUT2D eigenvalue weighted by Crippen LogP contribution is -2.47. The van der Waals surface area contributed by atoms with Gasteiger partial charge in [-0.1, -0.05) is 18.2 Å². The number of hydrogen-bond acceptors (Lipinski definition) is 5. The number of morpholine rings is 1. The molecule has 1 aliphatic heterocycles. The second kappa shape index (κ2) is 10.1. The van der Waals surface area contributed by atoms with E-state index in [9.17, 15) is 9.59 Å². The van der Waals surface area contributed by atoms with Crippen molar-refractivity contribution >= 4 is 11.8 Å². The maximum atomic E-state index is 12.4. The van der Waals surface area contributed by atoms with Gasteiger partial charge in [0.1, 0.15) is 5.75 Å². The minimum Gasteiger partial charge on any atom is -0.496 e. The summed E-state index contributed by atoms with van der Waals surface area (Å²) in [5.41, 5.74) is 1.90. The number of aromatic nitrogens is 1. The van der Waals surface area contributed by atoms with Gasteiger partial charge < -0.3 is 24.7 Å². The minimum atomic E-state index is -0.663. The second-order valence-corrected chi connectivity index (χ2v) is 6.91. The van der Waals surface area contributed by atoms with E-state index >= 15 is 0 Å². The molecule has 1 aromatic heterocycles. The lowest BCUT2D eigenvalue weighted by Gasteiger charge is -2.34. The van der Waals surface area contributed by atoms with Gasteiger partial charge in [-0.2, -0.15) is 0 Å². The first kappa shape index (κ1) is 20.9. The third-order valence-electron chi connectivity index (χ3n) is 5.11. The summed E-state index contributed by atoms with van der Waals surface area (Å²) in [4.78, 5) is 26.9. The standard InChI is InChI=1S/C21H28N4O4/c1-24-9-5-7-17(24)18(25-10-12-29-13-11-25)15-23-21(27)20(26)22-14-16-6-3-4-8-19(16)28-2/h3-9,18H,10-15H2,1-2H3,(H,22,26)(H,23,27). The van der Waals surface area contributed by atoms with Crippen molar-refractivity contribution in [2.45, 2.75) is 12.6 Å². The molecule has 1 saturated heterocycles. The van der Waals surface area contributed by atoms with Crippen LogP contribution in [0.3, 0.4) is 0 Å². The van der Waals surface area contributed by atoms with Gasteiger partial charge in [-0.25, -0.2) is 0 Å². The number of amides is 2. The van der Waals surface area contributed by atoms with E-state index in [2.05, 4.69) is 15.5 Å². The SMILES string of the molecule is COc1ccccc1CNC(=O)C(=O)NCC(c1cccn1C)N1CCOCC1. The van der Waals surface area contributed by atoms with Gasteiger partial charge in [-0.05, 0) is 18.2 Å². The quantitative estimate of drug-likeness (QED) is 0.673. The van der Waals surface area contributed by atoms with Crippen molar-refractivity contribution in [2.75, 3.05) is 40.0 Å². The number of hydrogen-bond donors (Lipinski definition) is 2. The highest BCUT2D eigenvalue weighted by molar-refractivity contribution is 6.35. The van der Waals surface area contributed by atoms with Gasteiger partial charge in [0.2, 0.25) is 0 Å². The molecule has 2 aromatic rings. The topological polar surface area (TPSA) is 84.8 Å². The highest BCUT2D eigenvalue weighted by Crippen LogP contribution is 2.21. The van der Waals surface area contributed by atoms with E-state index < -0.39 is 11.8 Å². The fraction of sp³-hybridized carbons (Fsp3) is 0.429. The fourth-order valence-electron chi connectivity index (χ4n) is 3.50. The van der Waals surface area contributed by atoms with Crippen LogP contribution in [0.1, 0.15) is 17.3 Å². The molecule has 0 bridgehead atoms. The number of benzene rings is 1. The number of rotatable bonds is 7. The molecule has 1 atom stereocenters. The maximum Gasteiger partial charge on any atom is 0.309 e. The Hall–Kier alpha value is -2.84. The molecule has 2 amide bonds. The predicted molar refractivity (Wildman–Crippen MR) is 108 cm³/mol. The van der Waals surface area contributed by atoms with Gasteiger partial charge in [0, 0.05) is 50.7 Å². The number of nitrogens with zero attached hydrogens (tertiary/aromatic N) is 2. The average molecular weight is 400 g/mol. The van der Waals surface area contributed by atoms with Gasteiger partial charge in [-0.3, -0.25) is 14.5 Å². The van der Waals surface area contributed by atoms with Gasteiger partial charge in [0.05, 0.1) is 26.4 Å². The zero-order valence-corrected chi connectivity index (χ0v) is 16.9. The number of methoxy groups -OCH3 is 1. The van der Waals surface area contributed by atoms with Crippen LogP contribution in [0.25, 0.3) is 0 Å². The van der Waals surface area contributed by atoms with E-state index in [0.29, 0.717) is 25.5 Å². The van der Waals surface area contributed by atoms with Crippen LogP contribution in [0.15, 0.2) is 42.6 Å². The summed E-state index contributed by atoms with van der Waals surface area (Å²) in [6.45, 7) is 3.46. The summed E-state index contributed by atoms with van der Waals surface area (Å²) in [6.07, 6.45) is 1.98. The van der Waals surface area contributed by atoms with Crippen molar-refractivity contribution in [3.8, 4) is 5.75 Å². The van der Waals surface area contributed by atoms with E-state index in [-0.39, 0.29) is 12.6 Å². The van der Waals surface area contributed by atoms with Crippen LogP contribution >= 0.6 is 0 Å². The van der Waals surface area contributed by atoms with Gasteiger partial charge in [-0.15, -0.1) is 0 Å². The predicted octanol–water partition coefficient (Wildman–Crippen LogP) is 0.840. The maximum absolute atomic E-state index is 12.4. The van der Waals surface area contributed by atoms with Crippen molar-refractivity contribution < 1.29 is 19.1 Å². The number of carbonyl (C=O) groups excluding carboxylic acids is 2. The first-order valence-electron chi connectivity index (χ1n) is 9.71. The van der Waals surface area contributed by atoms with E-state index in [0.717, 1.165) is 24.3 Å². The summed E-state index contributed by atoms with van der Waals surface area (Å²) < 4.78 is 12.7. The first-order valence-corrected chi connectivity index (χ1v) is 9.71. The molecule has 29 heavy (non-hydrogen) atoms. The number of ether oxygens (including phenoxy) is 2.